The van der Waals surface area contributed by atoms with E-state index in [1.165, 1.54) is 23.4 Å². The Morgan fingerprint density at radius 2 is 2.42 bits per heavy atom. The molecule has 0 spiro atoms. The van der Waals surface area contributed by atoms with Crippen LogP contribution in [0.15, 0.2) is 35.8 Å². The molecule has 1 aliphatic rings. The highest BCUT2D eigenvalue weighted by Crippen LogP contribution is 2.34. The topological polar surface area (TPSA) is 25.4 Å². The number of hydrogen-bond donors (Lipinski definition) is 0. The van der Waals surface area contributed by atoms with Crippen LogP contribution in [0.5, 0.6) is 5.75 Å². The van der Waals surface area contributed by atoms with E-state index in [0.717, 1.165) is 18.8 Å². The quantitative estimate of drug-likeness (QED) is 0.853. The van der Waals surface area contributed by atoms with Gasteiger partial charge in [0.25, 0.3) is 0 Å². The van der Waals surface area contributed by atoms with Gasteiger partial charge in [-0.25, -0.2) is 4.98 Å². The van der Waals surface area contributed by atoms with Gasteiger partial charge < -0.3 is 4.74 Å². The first-order valence-corrected chi connectivity index (χ1v) is 7.51. The summed E-state index contributed by atoms with van der Waals surface area (Å²) < 4.78 is 5.33. The van der Waals surface area contributed by atoms with Gasteiger partial charge in [0.15, 0.2) is 0 Å². The van der Waals surface area contributed by atoms with Crippen molar-refractivity contribution in [3.05, 3.63) is 46.4 Å². The Morgan fingerprint density at radius 3 is 3.21 bits per heavy atom. The minimum Gasteiger partial charge on any atom is -0.497 e. The van der Waals surface area contributed by atoms with Crippen molar-refractivity contribution in [1.82, 2.24) is 9.88 Å². The van der Waals surface area contributed by atoms with Crippen LogP contribution in [-0.2, 0) is 6.54 Å². The molecular weight excluding hydrogens is 256 g/mol. The predicted molar refractivity (Wildman–Crippen MR) is 77.5 cm³/mol. The Bertz CT molecular complexity index is 527. The third-order valence-corrected chi connectivity index (χ3v) is 4.43. The third kappa shape index (κ3) is 2.80. The summed E-state index contributed by atoms with van der Waals surface area (Å²) >= 11 is 1.74. The van der Waals surface area contributed by atoms with E-state index >= 15 is 0 Å². The van der Waals surface area contributed by atoms with Crippen molar-refractivity contribution in [3.8, 4) is 5.75 Å². The molecule has 0 N–H and O–H groups in total. The molecule has 0 aliphatic carbocycles. The summed E-state index contributed by atoms with van der Waals surface area (Å²) in [4.78, 5) is 6.92. The van der Waals surface area contributed by atoms with Crippen LogP contribution in [0, 0.1) is 0 Å². The van der Waals surface area contributed by atoms with Gasteiger partial charge in [-0.1, -0.05) is 12.1 Å². The molecule has 3 rings (SSSR count). The molecule has 1 aromatic carbocycles. The van der Waals surface area contributed by atoms with Crippen LogP contribution in [0.1, 0.15) is 29.5 Å². The molecular formula is C15H18N2OS. The highest BCUT2D eigenvalue weighted by molar-refractivity contribution is 7.09. The maximum atomic E-state index is 5.33. The number of hydrogen-bond acceptors (Lipinski definition) is 4. The normalized spacial score (nSPS) is 19.7. The van der Waals surface area contributed by atoms with Crippen LogP contribution in [0.4, 0.5) is 0 Å². The molecule has 2 aromatic rings. The SMILES string of the molecule is COc1cccc([C@H]2CCCN2Cc2nccs2)c1. The van der Waals surface area contributed by atoms with E-state index in [0.29, 0.717) is 6.04 Å². The zero-order chi connectivity index (χ0) is 13.1. The maximum absolute atomic E-state index is 5.33. The van der Waals surface area contributed by atoms with Crippen LogP contribution >= 0.6 is 11.3 Å². The Labute approximate surface area is 117 Å². The summed E-state index contributed by atoms with van der Waals surface area (Å²) in [5, 5.41) is 3.25. The fourth-order valence-corrected chi connectivity index (χ4v) is 3.39. The van der Waals surface area contributed by atoms with Crippen LogP contribution in [0.2, 0.25) is 0 Å². The second-order valence-corrected chi connectivity index (χ2v) is 5.81. The fraction of sp³-hybridized carbons (Fsp3) is 0.400. The molecule has 2 heterocycles. The number of nitrogens with zero attached hydrogens (tertiary/aromatic N) is 2. The number of benzene rings is 1. The Kier molecular flexibility index (Phi) is 3.80. The van der Waals surface area contributed by atoms with Gasteiger partial charge in [0.05, 0.1) is 13.7 Å². The minimum atomic E-state index is 0.499. The van der Waals surface area contributed by atoms with E-state index in [1.807, 2.05) is 17.6 Å². The highest BCUT2D eigenvalue weighted by atomic mass is 32.1. The standard InChI is InChI=1S/C15H18N2OS/c1-18-13-5-2-4-12(10-13)14-6-3-8-17(14)11-15-16-7-9-19-15/h2,4-5,7,9-10,14H,3,6,8,11H2,1H3/t14-/m1/s1. The Morgan fingerprint density at radius 1 is 1.47 bits per heavy atom. The molecule has 1 aliphatic heterocycles. The van der Waals surface area contributed by atoms with Crippen molar-refractivity contribution >= 4 is 11.3 Å². The van der Waals surface area contributed by atoms with E-state index in [1.54, 1.807) is 18.4 Å². The summed E-state index contributed by atoms with van der Waals surface area (Å²) in [6, 6.07) is 8.94. The monoisotopic (exact) mass is 274 g/mol. The first-order valence-electron chi connectivity index (χ1n) is 6.63. The molecule has 1 atom stereocenters. The number of likely N-dealkylation sites (tertiary alicyclic amines) is 1. The molecule has 0 saturated carbocycles. The lowest BCUT2D eigenvalue weighted by Crippen LogP contribution is -2.22. The number of aromatic nitrogens is 1. The number of thiazole rings is 1. The van der Waals surface area contributed by atoms with Crippen molar-refractivity contribution in [3.63, 3.8) is 0 Å². The lowest BCUT2D eigenvalue weighted by Gasteiger charge is -2.24. The predicted octanol–water partition coefficient (Wildman–Crippen LogP) is 3.49. The Balaban J connectivity index is 1.78. The van der Waals surface area contributed by atoms with Crippen molar-refractivity contribution in [1.29, 1.82) is 0 Å². The summed E-state index contributed by atoms with van der Waals surface area (Å²) in [6.45, 7) is 2.11. The van der Waals surface area contributed by atoms with Crippen molar-refractivity contribution < 1.29 is 4.74 Å². The number of methoxy groups -OCH3 is 1. The van der Waals surface area contributed by atoms with Crippen molar-refractivity contribution in [2.24, 2.45) is 0 Å². The first-order chi connectivity index (χ1) is 9.36. The van der Waals surface area contributed by atoms with Gasteiger partial charge >= 0.3 is 0 Å². The van der Waals surface area contributed by atoms with E-state index < -0.39 is 0 Å². The molecule has 0 bridgehead atoms. The van der Waals surface area contributed by atoms with Crippen LogP contribution < -0.4 is 4.74 Å². The van der Waals surface area contributed by atoms with Gasteiger partial charge in [0, 0.05) is 17.6 Å². The second kappa shape index (κ2) is 5.72. The highest BCUT2D eigenvalue weighted by Gasteiger charge is 2.26. The number of rotatable bonds is 4. The van der Waals surface area contributed by atoms with E-state index in [-0.39, 0.29) is 0 Å². The Hall–Kier alpha value is -1.39. The van der Waals surface area contributed by atoms with Gasteiger partial charge in [-0.2, -0.15) is 0 Å². The summed E-state index contributed by atoms with van der Waals surface area (Å²) in [7, 11) is 1.72. The fourth-order valence-electron chi connectivity index (χ4n) is 2.75. The van der Waals surface area contributed by atoms with E-state index in [4.69, 9.17) is 4.74 Å². The molecule has 0 radical (unpaired) electrons. The van der Waals surface area contributed by atoms with Gasteiger partial charge in [-0.3, -0.25) is 4.90 Å². The average Bonchev–Trinajstić information content (AvgIpc) is 3.11. The van der Waals surface area contributed by atoms with Crippen molar-refractivity contribution in [2.75, 3.05) is 13.7 Å². The molecule has 0 unspecified atom stereocenters. The summed E-state index contributed by atoms with van der Waals surface area (Å²) in [5.41, 5.74) is 1.36. The third-order valence-electron chi connectivity index (χ3n) is 3.66. The molecule has 19 heavy (non-hydrogen) atoms. The molecule has 4 heteroatoms. The summed E-state index contributed by atoms with van der Waals surface area (Å²) in [5.74, 6) is 0.943. The van der Waals surface area contributed by atoms with Gasteiger partial charge in [0.2, 0.25) is 0 Å². The van der Waals surface area contributed by atoms with Crippen molar-refractivity contribution in [2.45, 2.75) is 25.4 Å². The first kappa shape index (κ1) is 12.6. The lowest BCUT2D eigenvalue weighted by atomic mass is 10.0. The smallest absolute Gasteiger partial charge is 0.119 e. The van der Waals surface area contributed by atoms with Crippen LogP contribution in [0.3, 0.4) is 0 Å². The molecule has 0 amide bonds. The van der Waals surface area contributed by atoms with Gasteiger partial charge in [0.1, 0.15) is 10.8 Å². The lowest BCUT2D eigenvalue weighted by molar-refractivity contribution is 0.247. The van der Waals surface area contributed by atoms with E-state index in [2.05, 4.69) is 28.1 Å². The minimum absolute atomic E-state index is 0.499. The zero-order valence-electron chi connectivity index (χ0n) is 11.1. The average molecular weight is 274 g/mol. The van der Waals surface area contributed by atoms with Crippen LogP contribution in [-0.4, -0.2) is 23.5 Å². The zero-order valence-corrected chi connectivity index (χ0v) is 11.9. The molecule has 1 fully saturated rings. The molecule has 1 saturated heterocycles. The molecule has 3 nitrogen and oxygen atoms in total. The molecule has 100 valence electrons. The van der Waals surface area contributed by atoms with E-state index in [9.17, 15) is 0 Å². The summed E-state index contributed by atoms with van der Waals surface area (Å²) in [6.07, 6.45) is 4.36. The van der Waals surface area contributed by atoms with Gasteiger partial charge in [-0.15, -0.1) is 11.3 Å². The molecule has 1 aromatic heterocycles. The largest absolute Gasteiger partial charge is 0.497 e. The van der Waals surface area contributed by atoms with Crippen LogP contribution in [0.25, 0.3) is 0 Å². The maximum Gasteiger partial charge on any atom is 0.119 e. The van der Waals surface area contributed by atoms with Gasteiger partial charge in [-0.05, 0) is 37.1 Å². The number of ether oxygens (including phenoxy) is 1. The second-order valence-electron chi connectivity index (χ2n) is 4.83.